The van der Waals surface area contributed by atoms with Gasteiger partial charge in [-0.05, 0) is 132 Å². The van der Waals surface area contributed by atoms with E-state index in [1.165, 1.54) is 82.4 Å². The Bertz CT molecular complexity index is 2930. The summed E-state index contributed by atoms with van der Waals surface area (Å²) in [5.74, 6) is 0. The van der Waals surface area contributed by atoms with Gasteiger partial charge in [0.05, 0.1) is 0 Å². The topological polar surface area (TPSA) is 3.24 Å². The largest absolute Gasteiger partial charge is 0.311 e. The van der Waals surface area contributed by atoms with Crippen molar-refractivity contribution in [2.24, 2.45) is 0 Å². The first kappa shape index (κ1) is 33.4. The van der Waals surface area contributed by atoms with Crippen molar-refractivity contribution in [1.82, 2.24) is 0 Å². The smallest absolute Gasteiger partial charge is 0.0462 e. The van der Waals surface area contributed by atoms with E-state index in [1.54, 1.807) is 0 Å². The normalized spacial score (nSPS) is 11.3. The molecule has 10 aromatic carbocycles. The van der Waals surface area contributed by atoms with Gasteiger partial charge in [-0.25, -0.2) is 0 Å². The van der Waals surface area contributed by atoms with E-state index in [0.717, 1.165) is 17.1 Å². The Labute approximate surface area is 328 Å². The second-order valence-corrected chi connectivity index (χ2v) is 14.6. The van der Waals surface area contributed by atoms with Crippen LogP contribution in [0.4, 0.5) is 17.1 Å². The van der Waals surface area contributed by atoms with Crippen LogP contribution in [0.3, 0.4) is 0 Å². The third-order valence-corrected chi connectivity index (χ3v) is 11.1. The highest BCUT2D eigenvalue weighted by molar-refractivity contribution is 6.33. The van der Waals surface area contributed by atoms with Crippen molar-refractivity contribution in [3.63, 3.8) is 0 Å². The number of fused-ring (bicyclic) bond motifs is 6. The third-order valence-electron chi connectivity index (χ3n) is 11.1. The molecule has 0 N–H and O–H groups in total. The first-order chi connectivity index (χ1) is 27.7. The highest BCUT2D eigenvalue weighted by atomic mass is 15.1. The lowest BCUT2D eigenvalue weighted by Crippen LogP contribution is -2.09. The summed E-state index contributed by atoms with van der Waals surface area (Å²) in [5.41, 5.74) is 14.4. The summed E-state index contributed by atoms with van der Waals surface area (Å²) in [6.45, 7) is 2.16. The minimum Gasteiger partial charge on any atom is -0.311 e. The van der Waals surface area contributed by atoms with Crippen LogP contribution in [-0.4, -0.2) is 0 Å². The van der Waals surface area contributed by atoms with E-state index >= 15 is 0 Å². The average molecular weight is 714 g/mol. The lowest BCUT2D eigenvalue weighted by Gasteiger charge is -2.25. The van der Waals surface area contributed by atoms with Crippen LogP contribution >= 0.6 is 0 Å². The molecular formula is C55H39N. The van der Waals surface area contributed by atoms with Crippen LogP contribution in [0.15, 0.2) is 218 Å². The maximum Gasteiger partial charge on any atom is 0.0462 e. The molecule has 0 amide bonds. The molecule has 0 aromatic heterocycles. The second-order valence-electron chi connectivity index (χ2n) is 14.6. The zero-order valence-electron chi connectivity index (χ0n) is 31.2. The fourth-order valence-corrected chi connectivity index (χ4v) is 8.45. The molecule has 0 saturated carbocycles. The number of hydrogen-bond donors (Lipinski definition) is 0. The number of para-hydroxylation sites is 2. The Morgan fingerprint density at radius 2 is 0.750 bits per heavy atom. The summed E-state index contributed by atoms with van der Waals surface area (Å²) < 4.78 is 0. The minimum atomic E-state index is 1.12. The first-order valence-corrected chi connectivity index (χ1v) is 19.3. The molecule has 0 saturated heterocycles. The Morgan fingerprint density at radius 1 is 0.286 bits per heavy atom. The van der Waals surface area contributed by atoms with Crippen LogP contribution in [0.5, 0.6) is 0 Å². The predicted molar refractivity (Wildman–Crippen MR) is 240 cm³/mol. The van der Waals surface area contributed by atoms with Gasteiger partial charge >= 0.3 is 0 Å². The predicted octanol–water partition coefficient (Wildman–Crippen LogP) is 15.6. The monoisotopic (exact) mass is 713 g/mol. The van der Waals surface area contributed by atoms with Gasteiger partial charge in [0.1, 0.15) is 0 Å². The van der Waals surface area contributed by atoms with Gasteiger partial charge in [-0.2, -0.15) is 0 Å². The quantitative estimate of drug-likeness (QED) is 0.149. The molecule has 0 aliphatic heterocycles. The maximum atomic E-state index is 2.44. The standard InChI is InChI=1S/C55H39N/c1-38-26-28-42(29-27-38)53-50(40-16-6-2-7-17-40)37-51(41-18-8-3-9-19-41)54-49-35-32-43(36-52(49)47-24-14-15-25-48(47)55(53)54)39-30-33-46(34-31-39)56(44-20-10-4-11-21-44)45-22-12-5-13-23-45/h2-37H,1H3. The number of hydrogen-bond acceptors (Lipinski definition) is 1. The molecule has 0 heterocycles. The first-order valence-electron chi connectivity index (χ1n) is 19.3. The van der Waals surface area contributed by atoms with Gasteiger partial charge in [-0.3, -0.25) is 0 Å². The Kier molecular flexibility index (Phi) is 8.46. The van der Waals surface area contributed by atoms with E-state index in [1.807, 2.05) is 0 Å². The molecule has 0 aliphatic carbocycles. The summed E-state index contributed by atoms with van der Waals surface area (Å²) in [6.07, 6.45) is 0. The number of nitrogens with zero attached hydrogens (tertiary/aromatic N) is 1. The number of benzene rings is 10. The molecule has 0 bridgehead atoms. The Hall–Kier alpha value is -7.22. The minimum absolute atomic E-state index is 1.12. The Morgan fingerprint density at radius 3 is 1.36 bits per heavy atom. The Balaban J connectivity index is 1.23. The molecule has 0 spiro atoms. The number of aryl methyl sites for hydroxylation is 1. The van der Waals surface area contributed by atoms with Gasteiger partial charge in [-0.1, -0.05) is 175 Å². The van der Waals surface area contributed by atoms with Crippen molar-refractivity contribution >= 4 is 49.4 Å². The highest BCUT2D eigenvalue weighted by Gasteiger charge is 2.22. The van der Waals surface area contributed by atoms with Gasteiger partial charge in [-0.15, -0.1) is 0 Å². The van der Waals surface area contributed by atoms with Gasteiger partial charge in [0.2, 0.25) is 0 Å². The van der Waals surface area contributed by atoms with Crippen LogP contribution in [-0.2, 0) is 0 Å². The highest BCUT2D eigenvalue weighted by Crippen LogP contribution is 2.49. The summed E-state index contributed by atoms with van der Waals surface area (Å²) in [7, 11) is 0. The molecule has 1 heteroatoms. The molecule has 0 radical (unpaired) electrons. The molecule has 0 atom stereocenters. The van der Waals surface area contributed by atoms with Gasteiger partial charge in [0, 0.05) is 17.1 Å². The number of rotatable bonds is 7. The maximum absolute atomic E-state index is 2.44. The van der Waals surface area contributed by atoms with Crippen molar-refractivity contribution < 1.29 is 0 Å². The molecular weight excluding hydrogens is 675 g/mol. The van der Waals surface area contributed by atoms with E-state index in [2.05, 4.69) is 230 Å². The zero-order valence-corrected chi connectivity index (χ0v) is 31.2. The average Bonchev–Trinajstić information content (AvgIpc) is 3.28. The fourth-order valence-electron chi connectivity index (χ4n) is 8.45. The molecule has 1 nitrogen and oxygen atoms in total. The fraction of sp³-hybridized carbons (Fsp3) is 0.0182. The van der Waals surface area contributed by atoms with Crippen molar-refractivity contribution in [3.8, 4) is 44.5 Å². The molecule has 10 rings (SSSR count). The van der Waals surface area contributed by atoms with Gasteiger partial charge < -0.3 is 4.90 Å². The van der Waals surface area contributed by atoms with Crippen LogP contribution in [0.1, 0.15) is 5.56 Å². The van der Waals surface area contributed by atoms with E-state index in [4.69, 9.17) is 0 Å². The molecule has 10 aromatic rings. The van der Waals surface area contributed by atoms with Crippen LogP contribution in [0, 0.1) is 6.92 Å². The third kappa shape index (κ3) is 5.91. The van der Waals surface area contributed by atoms with Crippen LogP contribution in [0.2, 0.25) is 0 Å². The van der Waals surface area contributed by atoms with Crippen molar-refractivity contribution in [2.45, 2.75) is 6.92 Å². The summed E-state index contributed by atoms with van der Waals surface area (Å²) in [4.78, 5) is 2.31. The second kappa shape index (κ2) is 14.2. The summed E-state index contributed by atoms with van der Waals surface area (Å²) in [6, 6.07) is 79.5. The van der Waals surface area contributed by atoms with Crippen LogP contribution in [0.25, 0.3) is 76.8 Å². The SMILES string of the molecule is Cc1ccc(-c2c(-c3ccccc3)cc(-c3ccccc3)c3c4ccc(-c5ccc(N(c6ccccc6)c6ccccc6)cc5)cc4c4ccccc4c23)cc1. The van der Waals surface area contributed by atoms with Crippen molar-refractivity contribution in [2.75, 3.05) is 4.90 Å². The molecule has 264 valence electrons. The molecule has 56 heavy (non-hydrogen) atoms. The molecule has 0 fully saturated rings. The van der Waals surface area contributed by atoms with Crippen molar-refractivity contribution in [1.29, 1.82) is 0 Å². The van der Waals surface area contributed by atoms with E-state index < -0.39 is 0 Å². The zero-order chi connectivity index (χ0) is 37.4. The van der Waals surface area contributed by atoms with Crippen molar-refractivity contribution in [3.05, 3.63) is 224 Å². The van der Waals surface area contributed by atoms with Gasteiger partial charge in [0.25, 0.3) is 0 Å². The lowest BCUT2D eigenvalue weighted by molar-refractivity contribution is 1.28. The summed E-state index contributed by atoms with van der Waals surface area (Å²) >= 11 is 0. The summed E-state index contributed by atoms with van der Waals surface area (Å²) in [5, 5.41) is 7.59. The molecule has 0 unspecified atom stereocenters. The van der Waals surface area contributed by atoms with Crippen LogP contribution < -0.4 is 4.90 Å². The van der Waals surface area contributed by atoms with E-state index in [0.29, 0.717) is 0 Å². The lowest BCUT2D eigenvalue weighted by atomic mass is 9.81. The number of anilines is 3. The van der Waals surface area contributed by atoms with E-state index in [9.17, 15) is 0 Å². The van der Waals surface area contributed by atoms with Gasteiger partial charge in [0.15, 0.2) is 0 Å². The molecule has 0 aliphatic rings. The van der Waals surface area contributed by atoms with E-state index in [-0.39, 0.29) is 0 Å².